The smallest absolute Gasteiger partial charge is 0.303 e. The molecule has 162 valence electrons. The maximum absolute atomic E-state index is 13.7. The lowest BCUT2D eigenvalue weighted by molar-refractivity contribution is 0.362. The van der Waals surface area contributed by atoms with E-state index in [1.54, 1.807) is 24.3 Å². The molecule has 5 nitrogen and oxygen atoms in total. The van der Waals surface area contributed by atoms with Crippen molar-refractivity contribution in [1.29, 1.82) is 0 Å². The lowest BCUT2D eigenvalue weighted by Crippen LogP contribution is -2.27. The average molecular weight is 427 g/mol. The van der Waals surface area contributed by atoms with Crippen molar-refractivity contribution < 1.29 is 9.84 Å². The van der Waals surface area contributed by atoms with Gasteiger partial charge in [0.1, 0.15) is 5.75 Å². The van der Waals surface area contributed by atoms with Gasteiger partial charge < -0.3 is 9.84 Å². The molecule has 0 atom stereocenters. The van der Waals surface area contributed by atoms with Gasteiger partial charge in [-0.05, 0) is 47.4 Å². The first-order valence-corrected chi connectivity index (χ1v) is 10.7. The van der Waals surface area contributed by atoms with Crippen molar-refractivity contribution in [2.24, 2.45) is 0 Å². The van der Waals surface area contributed by atoms with Crippen LogP contribution in [0.15, 0.2) is 83.7 Å². The summed E-state index contributed by atoms with van der Waals surface area (Å²) in [5.41, 5.74) is 5.15. The summed E-state index contributed by atoms with van der Waals surface area (Å²) < 4.78 is 6.94. The summed E-state index contributed by atoms with van der Waals surface area (Å²) in [6.45, 7) is 2.07. The molecule has 1 N–H and O–H groups in total. The summed E-state index contributed by atoms with van der Waals surface area (Å²) in [5.74, 6) is 0.134. The molecular formula is C27H26N2O3. The monoisotopic (exact) mass is 426 g/mol. The molecule has 4 rings (SSSR count). The zero-order chi connectivity index (χ0) is 22.5. The Kier molecular flexibility index (Phi) is 6.36. The first kappa shape index (κ1) is 21.4. The summed E-state index contributed by atoms with van der Waals surface area (Å²) in [5, 5.41) is 9.65. The van der Waals surface area contributed by atoms with E-state index in [-0.39, 0.29) is 17.3 Å². The zero-order valence-electron chi connectivity index (χ0n) is 18.3. The number of hydrogen-bond acceptors (Lipinski definition) is 4. The highest BCUT2D eigenvalue weighted by Crippen LogP contribution is 2.23. The van der Waals surface area contributed by atoms with E-state index in [2.05, 4.69) is 31.2 Å². The van der Waals surface area contributed by atoms with Crippen LogP contribution in [0.5, 0.6) is 11.8 Å². The Morgan fingerprint density at radius 2 is 1.66 bits per heavy atom. The SMILES string of the molecule is CCCc1nc(OC)n(-c2ccc(O)cc2)c(=O)c1Cc1cccc(-c2ccccc2)c1. The average Bonchev–Trinajstić information content (AvgIpc) is 2.83. The van der Waals surface area contributed by atoms with Crippen molar-refractivity contribution in [3.8, 4) is 28.6 Å². The number of aryl methyl sites for hydroxylation is 1. The summed E-state index contributed by atoms with van der Waals surface area (Å²) >= 11 is 0. The minimum absolute atomic E-state index is 0.134. The van der Waals surface area contributed by atoms with Gasteiger partial charge in [-0.2, -0.15) is 0 Å². The Morgan fingerprint density at radius 3 is 2.34 bits per heavy atom. The predicted molar refractivity (Wildman–Crippen MR) is 127 cm³/mol. The van der Waals surface area contributed by atoms with Gasteiger partial charge in [-0.3, -0.25) is 4.79 Å². The predicted octanol–water partition coefficient (Wildman–Crippen LogP) is 5.16. The fourth-order valence-corrected chi connectivity index (χ4v) is 3.86. The fraction of sp³-hybridized carbons (Fsp3) is 0.185. The molecule has 0 aliphatic carbocycles. The second-order valence-electron chi connectivity index (χ2n) is 7.67. The van der Waals surface area contributed by atoms with E-state index in [0.29, 0.717) is 24.1 Å². The van der Waals surface area contributed by atoms with Gasteiger partial charge in [0.05, 0.1) is 18.5 Å². The molecule has 0 saturated heterocycles. The van der Waals surface area contributed by atoms with Gasteiger partial charge in [0.2, 0.25) is 0 Å². The van der Waals surface area contributed by atoms with Crippen molar-refractivity contribution in [3.05, 3.63) is 106 Å². The van der Waals surface area contributed by atoms with Gasteiger partial charge in [0.25, 0.3) is 5.56 Å². The van der Waals surface area contributed by atoms with Crippen molar-refractivity contribution in [2.45, 2.75) is 26.2 Å². The number of rotatable bonds is 7. The van der Waals surface area contributed by atoms with Crippen LogP contribution >= 0.6 is 0 Å². The quantitative estimate of drug-likeness (QED) is 0.443. The Bertz CT molecular complexity index is 1260. The summed E-state index contributed by atoms with van der Waals surface area (Å²) in [4.78, 5) is 18.4. The zero-order valence-corrected chi connectivity index (χ0v) is 18.3. The lowest BCUT2D eigenvalue weighted by Gasteiger charge is -2.16. The van der Waals surface area contributed by atoms with E-state index in [4.69, 9.17) is 9.72 Å². The van der Waals surface area contributed by atoms with Gasteiger partial charge >= 0.3 is 6.01 Å². The van der Waals surface area contributed by atoms with Crippen molar-refractivity contribution >= 4 is 0 Å². The Hall–Kier alpha value is -3.86. The van der Waals surface area contributed by atoms with Crippen molar-refractivity contribution in [3.63, 3.8) is 0 Å². The minimum atomic E-state index is -0.156. The third-order valence-corrected chi connectivity index (χ3v) is 5.42. The van der Waals surface area contributed by atoms with Gasteiger partial charge in [-0.1, -0.05) is 67.9 Å². The molecule has 3 aromatic carbocycles. The third-order valence-electron chi connectivity index (χ3n) is 5.42. The standard InChI is InChI=1S/C27H26N2O3/c1-3-8-25-24(18-19-9-7-12-21(17-19)20-10-5-4-6-11-20)26(31)29(27(28-25)32-2)22-13-15-23(30)16-14-22/h4-7,9-17,30H,3,8,18H2,1-2H3. The molecule has 32 heavy (non-hydrogen) atoms. The molecule has 0 bridgehead atoms. The second kappa shape index (κ2) is 9.52. The van der Waals surface area contributed by atoms with Crippen LogP contribution in [0.2, 0.25) is 0 Å². The maximum atomic E-state index is 13.7. The van der Waals surface area contributed by atoms with Crippen LogP contribution in [0.3, 0.4) is 0 Å². The first-order valence-electron chi connectivity index (χ1n) is 10.7. The number of hydrogen-bond donors (Lipinski definition) is 1. The molecule has 0 radical (unpaired) electrons. The lowest BCUT2D eigenvalue weighted by atomic mass is 9.98. The van der Waals surface area contributed by atoms with E-state index >= 15 is 0 Å². The number of aromatic hydroxyl groups is 1. The molecule has 0 spiro atoms. The summed E-state index contributed by atoms with van der Waals surface area (Å²) in [6, 6.07) is 25.1. The van der Waals surface area contributed by atoms with Gasteiger partial charge in [-0.15, -0.1) is 0 Å². The normalized spacial score (nSPS) is 10.8. The maximum Gasteiger partial charge on any atom is 0.303 e. The second-order valence-corrected chi connectivity index (χ2v) is 7.67. The summed E-state index contributed by atoms with van der Waals surface area (Å²) in [6.07, 6.45) is 2.04. The van der Waals surface area contributed by atoms with E-state index < -0.39 is 0 Å². The van der Waals surface area contributed by atoms with Crippen LogP contribution in [-0.2, 0) is 12.8 Å². The summed E-state index contributed by atoms with van der Waals surface area (Å²) in [7, 11) is 1.51. The third kappa shape index (κ3) is 4.42. The van der Waals surface area contributed by atoms with Crippen LogP contribution in [0.1, 0.15) is 30.2 Å². The molecule has 0 aliphatic rings. The van der Waals surface area contributed by atoms with Crippen molar-refractivity contribution in [1.82, 2.24) is 9.55 Å². The van der Waals surface area contributed by atoms with Crippen LogP contribution < -0.4 is 10.3 Å². The largest absolute Gasteiger partial charge is 0.508 e. The van der Waals surface area contributed by atoms with Crippen LogP contribution in [0, 0.1) is 0 Å². The number of phenolic OH excluding ortho intramolecular Hbond substituents is 1. The van der Waals surface area contributed by atoms with Crippen LogP contribution in [0.25, 0.3) is 16.8 Å². The van der Waals surface area contributed by atoms with Crippen LogP contribution in [-0.4, -0.2) is 21.8 Å². The van der Waals surface area contributed by atoms with E-state index in [1.807, 2.05) is 30.3 Å². The highest BCUT2D eigenvalue weighted by Gasteiger charge is 2.18. The highest BCUT2D eigenvalue weighted by molar-refractivity contribution is 5.64. The molecule has 1 aromatic heterocycles. The van der Waals surface area contributed by atoms with E-state index in [0.717, 1.165) is 28.8 Å². The number of methoxy groups -OCH3 is 1. The Morgan fingerprint density at radius 1 is 0.938 bits per heavy atom. The molecule has 0 amide bonds. The van der Waals surface area contributed by atoms with Gasteiger partial charge in [0.15, 0.2) is 0 Å². The highest BCUT2D eigenvalue weighted by atomic mass is 16.5. The number of ether oxygens (including phenoxy) is 1. The van der Waals surface area contributed by atoms with Crippen LogP contribution in [0.4, 0.5) is 0 Å². The molecule has 1 heterocycles. The molecule has 0 saturated carbocycles. The van der Waals surface area contributed by atoms with E-state index in [1.165, 1.54) is 11.7 Å². The Labute approximate surface area is 187 Å². The number of benzene rings is 3. The topological polar surface area (TPSA) is 64.3 Å². The molecule has 0 aliphatic heterocycles. The Balaban J connectivity index is 1.82. The molecular weight excluding hydrogens is 400 g/mol. The number of phenols is 1. The number of aromatic nitrogens is 2. The fourth-order valence-electron chi connectivity index (χ4n) is 3.86. The van der Waals surface area contributed by atoms with Crippen molar-refractivity contribution in [2.75, 3.05) is 7.11 Å². The van der Waals surface area contributed by atoms with Gasteiger partial charge in [-0.25, -0.2) is 9.55 Å². The molecule has 0 fully saturated rings. The molecule has 5 heteroatoms. The van der Waals surface area contributed by atoms with Gasteiger partial charge in [0, 0.05) is 12.0 Å². The molecule has 0 unspecified atom stereocenters. The first-order chi connectivity index (χ1) is 15.6. The minimum Gasteiger partial charge on any atom is -0.508 e. The molecule has 4 aromatic rings. The van der Waals surface area contributed by atoms with E-state index in [9.17, 15) is 9.90 Å². The number of nitrogens with zero attached hydrogens (tertiary/aromatic N) is 2.